The van der Waals surface area contributed by atoms with E-state index in [2.05, 4.69) is 10.4 Å². The van der Waals surface area contributed by atoms with E-state index in [4.69, 9.17) is 0 Å². The third-order valence-corrected chi connectivity index (χ3v) is 4.26. The van der Waals surface area contributed by atoms with Crippen molar-refractivity contribution in [3.05, 3.63) is 12.4 Å². The van der Waals surface area contributed by atoms with Gasteiger partial charge in [-0.1, -0.05) is 0 Å². The highest BCUT2D eigenvalue weighted by atomic mass is 32.2. The molecule has 2 atom stereocenters. The minimum atomic E-state index is -3.14. The van der Waals surface area contributed by atoms with E-state index in [-0.39, 0.29) is 6.04 Å². The van der Waals surface area contributed by atoms with Crippen LogP contribution in [0, 0.1) is 0 Å². The van der Waals surface area contributed by atoms with Crippen molar-refractivity contribution >= 4 is 9.84 Å². The first-order valence-corrected chi connectivity index (χ1v) is 7.33. The van der Waals surface area contributed by atoms with Crippen molar-refractivity contribution in [1.82, 2.24) is 15.1 Å². The monoisotopic (exact) mass is 243 g/mol. The number of nitrogens with one attached hydrogen (secondary N) is 1. The van der Waals surface area contributed by atoms with Gasteiger partial charge in [-0.05, 0) is 26.3 Å². The van der Waals surface area contributed by atoms with Crippen molar-refractivity contribution in [2.75, 3.05) is 13.3 Å². The molecule has 1 saturated carbocycles. The topological polar surface area (TPSA) is 64.0 Å². The van der Waals surface area contributed by atoms with Crippen molar-refractivity contribution in [2.45, 2.75) is 36.2 Å². The second kappa shape index (κ2) is 4.18. The zero-order valence-electron chi connectivity index (χ0n) is 9.55. The van der Waals surface area contributed by atoms with E-state index in [0.717, 1.165) is 19.3 Å². The van der Waals surface area contributed by atoms with Crippen LogP contribution < -0.4 is 5.32 Å². The Morgan fingerprint density at radius 1 is 1.50 bits per heavy atom. The van der Waals surface area contributed by atoms with E-state index in [1.807, 2.05) is 7.05 Å². The van der Waals surface area contributed by atoms with Crippen LogP contribution in [0.1, 0.15) is 25.3 Å². The summed E-state index contributed by atoms with van der Waals surface area (Å²) in [4.78, 5) is 0.300. The minimum Gasteiger partial charge on any atom is -0.315 e. The lowest BCUT2D eigenvalue weighted by atomic mass is 10.2. The van der Waals surface area contributed by atoms with Gasteiger partial charge < -0.3 is 5.32 Å². The van der Waals surface area contributed by atoms with Gasteiger partial charge in [0.15, 0.2) is 9.84 Å². The molecule has 0 aliphatic heterocycles. The van der Waals surface area contributed by atoms with Gasteiger partial charge in [-0.25, -0.2) is 8.42 Å². The highest BCUT2D eigenvalue weighted by molar-refractivity contribution is 7.90. The fourth-order valence-electron chi connectivity index (χ4n) is 2.29. The van der Waals surface area contributed by atoms with Gasteiger partial charge in [0.25, 0.3) is 0 Å². The minimum absolute atomic E-state index is 0.278. The summed E-state index contributed by atoms with van der Waals surface area (Å²) in [7, 11) is -1.20. The molecule has 5 nitrogen and oxygen atoms in total. The standard InChI is InChI=1S/C10H17N3O2S/c1-11-9-4-3-5-10(9)13-7-8(6-12-13)16(2,14)15/h6-7,9-11H,3-5H2,1-2H3. The Hall–Kier alpha value is -0.880. The summed E-state index contributed by atoms with van der Waals surface area (Å²) in [6, 6.07) is 0.674. The molecule has 0 spiro atoms. The molecule has 90 valence electrons. The van der Waals surface area contributed by atoms with Crippen LogP contribution in [-0.4, -0.2) is 37.5 Å². The van der Waals surface area contributed by atoms with Crippen LogP contribution in [0.4, 0.5) is 0 Å². The third kappa shape index (κ3) is 2.12. The molecule has 0 saturated heterocycles. The highest BCUT2D eigenvalue weighted by Gasteiger charge is 2.28. The van der Waals surface area contributed by atoms with Gasteiger partial charge >= 0.3 is 0 Å². The van der Waals surface area contributed by atoms with Crippen LogP contribution in [0.2, 0.25) is 0 Å². The maximum absolute atomic E-state index is 11.3. The first-order chi connectivity index (χ1) is 7.52. The summed E-state index contributed by atoms with van der Waals surface area (Å²) in [5, 5.41) is 7.41. The van der Waals surface area contributed by atoms with E-state index < -0.39 is 9.84 Å². The molecule has 1 aliphatic carbocycles. The summed E-state index contributed by atoms with van der Waals surface area (Å²) in [6.45, 7) is 0. The zero-order chi connectivity index (χ0) is 11.8. The fraction of sp³-hybridized carbons (Fsp3) is 0.700. The van der Waals surface area contributed by atoms with Crippen LogP contribution in [-0.2, 0) is 9.84 Å². The number of aromatic nitrogens is 2. The molecule has 0 radical (unpaired) electrons. The summed E-state index contributed by atoms with van der Waals surface area (Å²) >= 11 is 0. The van der Waals surface area contributed by atoms with Gasteiger partial charge in [-0.15, -0.1) is 0 Å². The molecular weight excluding hydrogens is 226 g/mol. The highest BCUT2D eigenvalue weighted by Crippen LogP contribution is 2.29. The first-order valence-electron chi connectivity index (χ1n) is 5.44. The van der Waals surface area contributed by atoms with Gasteiger partial charge in [-0.2, -0.15) is 5.10 Å². The van der Waals surface area contributed by atoms with Crippen LogP contribution in [0.25, 0.3) is 0 Å². The second-order valence-electron chi connectivity index (χ2n) is 4.32. The molecule has 1 aromatic rings. The van der Waals surface area contributed by atoms with Gasteiger partial charge in [0.05, 0.1) is 12.2 Å². The Morgan fingerprint density at radius 3 is 2.81 bits per heavy atom. The lowest BCUT2D eigenvalue weighted by Crippen LogP contribution is -2.31. The molecular formula is C10H17N3O2S. The van der Waals surface area contributed by atoms with Crippen LogP contribution >= 0.6 is 0 Å². The molecule has 16 heavy (non-hydrogen) atoms. The quantitative estimate of drug-likeness (QED) is 0.844. The Kier molecular flexibility index (Phi) is 3.03. The van der Waals surface area contributed by atoms with Crippen LogP contribution in [0.5, 0.6) is 0 Å². The number of hydrogen-bond donors (Lipinski definition) is 1. The summed E-state index contributed by atoms with van der Waals surface area (Å²) in [6.07, 6.45) is 7.60. The normalized spacial score (nSPS) is 26.1. The SMILES string of the molecule is CNC1CCCC1n1cc(S(C)(=O)=O)cn1. The molecule has 1 aliphatic rings. The molecule has 2 unspecified atom stereocenters. The fourth-order valence-corrected chi connectivity index (χ4v) is 2.83. The molecule has 0 bridgehead atoms. The van der Waals surface area contributed by atoms with E-state index in [1.165, 1.54) is 12.5 Å². The molecule has 0 amide bonds. The molecule has 1 aromatic heterocycles. The largest absolute Gasteiger partial charge is 0.315 e. The molecule has 1 fully saturated rings. The molecule has 1 N–H and O–H groups in total. The van der Waals surface area contributed by atoms with Crippen molar-refractivity contribution in [2.24, 2.45) is 0 Å². The molecule has 0 aromatic carbocycles. The number of nitrogens with zero attached hydrogens (tertiary/aromatic N) is 2. The Labute approximate surface area is 95.8 Å². The van der Waals surface area contributed by atoms with Crippen molar-refractivity contribution in [1.29, 1.82) is 0 Å². The lowest BCUT2D eigenvalue weighted by Gasteiger charge is -2.19. The summed E-state index contributed by atoms with van der Waals surface area (Å²) in [5.74, 6) is 0. The average molecular weight is 243 g/mol. The number of hydrogen-bond acceptors (Lipinski definition) is 4. The number of rotatable bonds is 3. The third-order valence-electron chi connectivity index (χ3n) is 3.20. The lowest BCUT2D eigenvalue weighted by molar-refractivity contribution is 0.383. The maximum atomic E-state index is 11.3. The zero-order valence-corrected chi connectivity index (χ0v) is 10.4. The predicted molar refractivity (Wildman–Crippen MR) is 61.1 cm³/mol. The van der Waals surface area contributed by atoms with Crippen molar-refractivity contribution < 1.29 is 8.42 Å². The smallest absolute Gasteiger partial charge is 0.178 e. The second-order valence-corrected chi connectivity index (χ2v) is 6.34. The number of sulfone groups is 1. The predicted octanol–water partition coefficient (Wildman–Crippen LogP) is 0.600. The maximum Gasteiger partial charge on any atom is 0.178 e. The van der Waals surface area contributed by atoms with Crippen molar-refractivity contribution in [3.63, 3.8) is 0 Å². The van der Waals surface area contributed by atoms with Gasteiger partial charge in [-0.3, -0.25) is 4.68 Å². The molecule has 2 rings (SSSR count). The molecule has 6 heteroatoms. The summed E-state index contributed by atoms with van der Waals surface area (Å²) < 4.78 is 24.5. The number of likely N-dealkylation sites (N-methyl/N-ethyl adjacent to an activating group) is 1. The van der Waals surface area contributed by atoms with Gasteiger partial charge in [0.2, 0.25) is 0 Å². The molecule has 1 heterocycles. The average Bonchev–Trinajstić information content (AvgIpc) is 2.84. The van der Waals surface area contributed by atoms with E-state index >= 15 is 0 Å². The first kappa shape index (κ1) is 11.6. The van der Waals surface area contributed by atoms with E-state index in [9.17, 15) is 8.42 Å². The van der Waals surface area contributed by atoms with Gasteiger partial charge in [0, 0.05) is 18.5 Å². The Balaban J connectivity index is 2.25. The van der Waals surface area contributed by atoms with Crippen LogP contribution in [0.3, 0.4) is 0 Å². The Bertz CT molecular complexity index is 466. The van der Waals surface area contributed by atoms with Crippen LogP contribution in [0.15, 0.2) is 17.3 Å². The Morgan fingerprint density at radius 2 is 2.25 bits per heavy atom. The van der Waals surface area contributed by atoms with E-state index in [1.54, 1.807) is 10.9 Å². The van der Waals surface area contributed by atoms with Crippen molar-refractivity contribution in [3.8, 4) is 0 Å². The summed E-state index contributed by atoms with van der Waals surface area (Å²) in [5.41, 5.74) is 0. The van der Waals surface area contributed by atoms with E-state index in [0.29, 0.717) is 10.9 Å². The van der Waals surface area contributed by atoms with Gasteiger partial charge in [0.1, 0.15) is 4.90 Å².